The summed E-state index contributed by atoms with van der Waals surface area (Å²) < 4.78 is 140. The zero-order valence-corrected chi connectivity index (χ0v) is 11.4. The van der Waals surface area contributed by atoms with Crippen molar-refractivity contribution in [2.75, 3.05) is 0 Å². The second-order valence-electron chi connectivity index (χ2n) is 4.89. The minimum atomic E-state index is -7.35. The number of hydrogen-bond donors (Lipinski definition) is 0. The molecular weight excluding hydrogens is 341 g/mol. The Kier molecular flexibility index (Phi) is 5.82. The molecule has 0 aliphatic rings. The molecule has 0 heterocycles. The normalized spacial score (nSPS) is 16.8. The molecule has 0 aliphatic heterocycles. The van der Waals surface area contributed by atoms with Gasteiger partial charge in [-0.05, 0) is 6.42 Å². The molecule has 0 fully saturated rings. The van der Waals surface area contributed by atoms with Gasteiger partial charge in [-0.2, -0.15) is 43.9 Å². The molecule has 0 bridgehead atoms. The van der Waals surface area contributed by atoms with Gasteiger partial charge in [-0.15, -0.1) is 0 Å². The van der Waals surface area contributed by atoms with Gasteiger partial charge in [-0.25, -0.2) is 4.39 Å². The van der Waals surface area contributed by atoms with E-state index in [2.05, 4.69) is 0 Å². The standard InChI is InChI=1S/C11H13F11/c1-3-4-5-6(2)7(12,13)9(15,16)8(14,10(17,18)19)11(20,21)22/h6H,3-5H2,1-2H3. The van der Waals surface area contributed by atoms with Crippen LogP contribution in [0.25, 0.3) is 0 Å². The third-order valence-corrected chi connectivity index (χ3v) is 3.24. The summed E-state index contributed by atoms with van der Waals surface area (Å²) >= 11 is 0. The molecule has 0 amide bonds. The van der Waals surface area contributed by atoms with Gasteiger partial charge in [0, 0.05) is 5.92 Å². The smallest absolute Gasteiger partial charge is 0.216 e. The Morgan fingerprint density at radius 2 is 1.09 bits per heavy atom. The molecule has 0 rings (SSSR count). The fraction of sp³-hybridized carbons (Fsp3) is 1.00. The van der Waals surface area contributed by atoms with Gasteiger partial charge in [0.1, 0.15) is 0 Å². The van der Waals surface area contributed by atoms with E-state index in [1.165, 1.54) is 6.92 Å². The first-order valence-electron chi connectivity index (χ1n) is 6.06. The van der Waals surface area contributed by atoms with Crippen molar-refractivity contribution in [2.24, 2.45) is 5.92 Å². The number of alkyl halides is 11. The van der Waals surface area contributed by atoms with Crippen molar-refractivity contribution in [1.82, 2.24) is 0 Å². The lowest BCUT2D eigenvalue weighted by atomic mass is 9.83. The maximum absolute atomic E-state index is 13.5. The summed E-state index contributed by atoms with van der Waals surface area (Å²) in [4.78, 5) is 0. The first-order chi connectivity index (χ1) is 9.48. The van der Waals surface area contributed by atoms with Gasteiger partial charge in [0.25, 0.3) is 0 Å². The van der Waals surface area contributed by atoms with Crippen molar-refractivity contribution in [3.8, 4) is 0 Å². The monoisotopic (exact) mass is 354 g/mol. The Bertz CT molecular complexity index is 351. The van der Waals surface area contributed by atoms with Crippen molar-refractivity contribution in [3.05, 3.63) is 0 Å². The lowest BCUT2D eigenvalue weighted by Crippen LogP contribution is -2.71. The molecule has 0 nitrogen and oxygen atoms in total. The molecule has 0 aromatic rings. The summed E-state index contributed by atoms with van der Waals surface area (Å²) in [6, 6.07) is 0. The second-order valence-corrected chi connectivity index (χ2v) is 4.89. The highest BCUT2D eigenvalue weighted by atomic mass is 19.4. The maximum Gasteiger partial charge on any atom is 0.438 e. The Labute approximate surface area is 118 Å². The maximum atomic E-state index is 13.5. The third kappa shape index (κ3) is 3.12. The SMILES string of the molecule is CCCCC(C)C(F)(F)C(F)(F)C(F)(C(F)(F)F)C(F)(F)F. The molecular formula is C11H13F11. The second kappa shape index (κ2) is 6.03. The lowest BCUT2D eigenvalue weighted by molar-refractivity contribution is -0.431. The van der Waals surface area contributed by atoms with Crippen LogP contribution in [0.3, 0.4) is 0 Å². The summed E-state index contributed by atoms with van der Waals surface area (Å²) in [5.74, 6) is -15.4. The zero-order valence-electron chi connectivity index (χ0n) is 11.4. The molecule has 0 aliphatic carbocycles. The van der Waals surface area contributed by atoms with E-state index in [0.29, 0.717) is 6.92 Å². The fourth-order valence-electron chi connectivity index (χ4n) is 1.75. The van der Waals surface area contributed by atoms with Crippen LogP contribution in [0, 0.1) is 5.92 Å². The van der Waals surface area contributed by atoms with Crippen LogP contribution in [0.1, 0.15) is 33.1 Å². The van der Waals surface area contributed by atoms with Gasteiger partial charge in [-0.1, -0.05) is 26.7 Å². The van der Waals surface area contributed by atoms with Crippen molar-refractivity contribution < 1.29 is 48.3 Å². The van der Waals surface area contributed by atoms with E-state index < -0.39 is 42.2 Å². The largest absolute Gasteiger partial charge is 0.438 e. The van der Waals surface area contributed by atoms with Crippen molar-refractivity contribution in [3.63, 3.8) is 0 Å². The van der Waals surface area contributed by atoms with Crippen LogP contribution in [0.15, 0.2) is 0 Å². The Hall–Kier alpha value is -0.770. The summed E-state index contributed by atoms with van der Waals surface area (Å²) in [7, 11) is 0. The van der Waals surface area contributed by atoms with Crippen LogP contribution < -0.4 is 0 Å². The zero-order chi connectivity index (χ0) is 18.2. The summed E-state index contributed by atoms with van der Waals surface area (Å²) in [6.07, 6.45) is -15.3. The molecule has 1 atom stereocenters. The van der Waals surface area contributed by atoms with Crippen LogP contribution in [0.2, 0.25) is 0 Å². The molecule has 0 spiro atoms. The fourth-order valence-corrected chi connectivity index (χ4v) is 1.75. The van der Waals surface area contributed by atoms with E-state index in [0.717, 1.165) is 0 Å². The van der Waals surface area contributed by atoms with E-state index in [1.807, 2.05) is 0 Å². The highest BCUT2D eigenvalue weighted by molar-refractivity contribution is 5.11. The van der Waals surface area contributed by atoms with Gasteiger partial charge in [0.05, 0.1) is 0 Å². The third-order valence-electron chi connectivity index (χ3n) is 3.24. The van der Waals surface area contributed by atoms with Crippen LogP contribution >= 0.6 is 0 Å². The average Bonchev–Trinajstić information content (AvgIpc) is 2.31. The molecule has 0 saturated heterocycles. The van der Waals surface area contributed by atoms with Crippen LogP contribution in [-0.2, 0) is 0 Å². The first kappa shape index (κ1) is 21.2. The summed E-state index contributed by atoms with van der Waals surface area (Å²) in [5, 5.41) is 0. The molecule has 0 radical (unpaired) electrons. The molecule has 0 aromatic heterocycles. The quantitative estimate of drug-likeness (QED) is 0.520. The van der Waals surface area contributed by atoms with Crippen molar-refractivity contribution in [2.45, 2.75) is 63.0 Å². The van der Waals surface area contributed by atoms with E-state index in [4.69, 9.17) is 0 Å². The predicted octanol–water partition coefficient (Wildman–Crippen LogP) is 5.92. The molecule has 134 valence electrons. The molecule has 1 unspecified atom stereocenters. The van der Waals surface area contributed by atoms with E-state index in [9.17, 15) is 48.3 Å². The number of rotatable bonds is 6. The first-order valence-corrected chi connectivity index (χ1v) is 6.06. The summed E-state index contributed by atoms with van der Waals surface area (Å²) in [5.41, 5.74) is -7.35. The molecule has 0 saturated carbocycles. The Morgan fingerprint density at radius 3 is 1.36 bits per heavy atom. The highest BCUT2D eigenvalue weighted by Gasteiger charge is 2.90. The van der Waals surface area contributed by atoms with Gasteiger partial charge in [-0.3, -0.25) is 0 Å². The minimum absolute atomic E-state index is 0.149. The van der Waals surface area contributed by atoms with Crippen molar-refractivity contribution in [1.29, 1.82) is 0 Å². The van der Waals surface area contributed by atoms with Crippen LogP contribution in [-0.4, -0.2) is 29.9 Å². The lowest BCUT2D eigenvalue weighted by Gasteiger charge is -2.41. The van der Waals surface area contributed by atoms with Gasteiger partial charge < -0.3 is 0 Å². The molecule has 0 aromatic carbocycles. The van der Waals surface area contributed by atoms with Gasteiger partial charge >= 0.3 is 29.9 Å². The molecule has 22 heavy (non-hydrogen) atoms. The summed E-state index contributed by atoms with van der Waals surface area (Å²) in [6.45, 7) is 1.78. The van der Waals surface area contributed by atoms with E-state index >= 15 is 0 Å². The van der Waals surface area contributed by atoms with E-state index in [-0.39, 0.29) is 12.8 Å². The average molecular weight is 354 g/mol. The van der Waals surface area contributed by atoms with Crippen LogP contribution in [0.4, 0.5) is 48.3 Å². The highest BCUT2D eigenvalue weighted by Crippen LogP contribution is 2.60. The predicted molar refractivity (Wildman–Crippen MR) is 54.5 cm³/mol. The Morgan fingerprint density at radius 1 is 0.727 bits per heavy atom. The van der Waals surface area contributed by atoms with Crippen molar-refractivity contribution >= 4 is 0 Å². The topological polar surface area (TPSA) is 0 Å². The van der Waals surface area contributed by atoms with Crippen LogP contribution in [0.5, 0.6) is 0 Å². The van der Waals surface area contributed by atoms with E-state index in [1.54, 1.807) is 0 Å². The molecule has 0 N–H and O–H groups in total. The number of halogens is 11. The minimum Gasteiger partial charge on any atom is -0.216 e. The van der Waals surface area contributed by atoms with Gasteiger partial charge in [0.2, 0.25) is 0 Å². The number of unbranched alkanes of at least 4 members (excludes halogenated alkanes) is 1. The Balaban J connectivity index is 6.02. The molecule has 11 heteroatoms. The van der Waals surface area contributed by atoms with Gasteiger partial charge in [0.15, 0.2) is 0 Å². The number of hydrogen-bond acceptors (Lipinski definition) is 0.